The highest BCUT2D eigenvalue weighted by molar-refractivity contribution is 5.52. The molecule has 1 saturated heterocycles. The predicted molar refractivity (Wildman–Crippen MR) is 72.2 cm³/mol. The molecule has 2 nitrogen and oxygen atoms in total. The summed E-state index contributed by atoms with van der Waals surface area (Å²) in [7, 11) is 1.70. The second-order valence-corrected chi connectivity index (χ2v) is 4.83. The van der Waals surface area contributed by atoms with Crippen LogP contribution in [0.5, 0.6) is 5.75 Å². The predicted octanol–water partition coefficient (Wildman–Crippen LogP) is 3.10. The SMILES string of the molecule is COc1cccc(/C=C/C2CC(C)CCN2)c1. The summed E-state index contributed by atoms with van der Waals surface area (Å²) in [4.78, 5) is 0. The molecule has 1 fully saturated rings. The highest BCUT2D eigenvalue weighted by Crippen LogP contribution is 2.18. The van der Waals surface area contributed by atoms with E-state index in [4.69, 9.17) is 4.74 Å². The lowest BCUT2D eigenvalue weighted by molar-refractivity contribution is 0.357. The van der Waals surface area contributed by atoms with Crippen LogP contribution in [0.4, 0.5) is 0 Å². The minimum Gasteiger partial charge on any atom is -0.497 e. The summed E-state index contributed by atoms with van der Waals surface area (Å²) in [5, 5.41) is 3.53. The van der Waals surface area contributed by atoms with E-state index in [1.54, 1.807) is 7.11 Å². The summed E-state index contributed by atoms with van der Waals surface area (Å²) >= 11 is 0. The Hall–Kier alpha value is -1.28. The third kappa shape index (κ3) is 3.60. The number of hydrogen-bond acceptors (Lipinski definition) is 2. The quantitative estimate of drug-likeness (QED) is 0.863. The van der Waals surface area contributed by atoms with Gasteiger partial charge in [-0.15, -0.1) is 0 Å². The molecular formula is C15H21NO. The van der Waals surface area contributed by atoms with Crippen LogP contribution >= 0.6 is 0 Å². The molecule has 2 rings (SSSR count). The largest absolute Gasteiger partial charge is 0.497 e. The fourth-order valence-corrected chi connectivity index (χ4v) is 2.27. The Balaban J connectivity index is 1.99. The first-order valence-electron chi connectivity index (χ1n) is 6.33. The lowest BCUT2D eigenvalue weighted by atomic mass is 9.94. The van der Waals surface area contributed by atoms with E-state index in [9.17, 15) is 0 Å². The lowest BCUT2D eigenvalue weighted by Gasteiger charge is -2.25. The molecule has 1 aliphatic rings. The highest BCUT2D eigenvalue weighted by Gasteiger charge is 2.15. The molecule has 92 valence electrons. The zero-order chi connectivity index (χ0) is 12.1. The van der Waals surface area contributed by atoms with Crippen molar-refractivity contribution in [3.63, 3.8) is 0 Å². The van der Waals surface area contributed by atoms with Crippen LogP contribution in [0.1, 0.15) is 25.3 Å². The second kappa shape index (κ2) is 5.87. The lowest BCUT2D eigenvalue weighted by Crippen LogP contribution is -2.35. The Kier molecular flexibility index (Phi) is 4.21. The van der Waals surface area contributed by atoms with Gasteiger partial charge in [0.05, 0.1) is 7.11 Å². The van der Waals surface area contributed by atoms with E-state index in [2.05, 4.69) is 36.5 Å². The van der Waals surface area contributed by atoms with Gasteiger partial charge in [0.25, 0.3) is 0 Å². The summed E-state index contributed by atoms with van der Waals surface area (Å²) < 4.78 is 5.21. The first-order chi connectivity index (χ1) is 8.28. The Bertz CT molecular complexity index is 386. The molecule has 0 aromatic heterocycles. The van der Waals surface area contributed by atoms with Crippen LogP contribution in [-0.2, 0) is 0 Å². The number of methoxy groups -OCH3 is 1. The van der Waals surface area contributed by atoms with E-state index in [0.717, 1.165) is 18.2 Å². The van der Waals surface area contributed by atoms with E-state index in [-0.39, 0.29) is 0 Å². The van der Waals surface area contributed by atoms with Gasteiger partial charge in [-0.3, -0.25) is 0 Å². The average Bonchev–Trinajstić information content (AvgIpc) is 2.37. The summed E-state index contributed by atoms with van der Waals surface area (Å²) in [6.07, 6.45) is 6.98. The molecule has 0 aliphatic carbocycles. The third-order valence-corrected chi connectivity index (χ3v) is 3.31. The standard InChI is InChI=1S/C15H21NO/c1-12-8-9-16-14(10-12)7-6-13-4-3-5-15(11-13)17-2/h3-7,11-12,14,16H,8-10H2,1-2H3/b7-6+. The van der Waals surface area contributed by atoms with E-state index in [0.29, 0.717) is 6.04 Å². The number of piperidine rings is 1. The Morgan fingerprint density at radius 2 is 2.29 bits per heavy atom. The van der Waals surface area contributed by atoms with Gasteiger partial charge in [-0.05, 0) is 43.0 Å². The topological polar surface area (TPSA) is 21.3 Å². The molecule has 2 unspecified atom stereocenters. The van der Waals surface area contributed by atoms with Crippen molar-refractivity contribution < 1.29 is 4.74 Å². The molecule has 0 spiro atoms. The number of nitrogens with one attached hydrogen (secondary N) is 1. The molecule has 2 heteroatoms. The van der Waals surface area contributed by atoms with Crippen molar-refractivity contribution in [3.8, 4) is 5.75 Å². The first kappa shape index (κ1) is 12.2. The Morgan fingerprint density at radius 3 is 3.06 bits per heavy atom. The summed E-state index contributed by atoms with van der Waals surface area (Å²) in [5.74, 6) is 1.74. The molecule has 0 bridgehead atoms. The number of ether oxygens (including phenoxy) is 1. The van der Waals surface area contributed by atoms with E-state index < -0.39 is 0 Å². The van der Waals surface area contributed by atoms with Crippen molar-refractivity contribution in [3.05, 3.63) is 35.9 Å². The second-order valence-electron chi connectivity index (χ2n) is 4.83. The van der Waals surface area contributed by atoms with Gasteiger partial charge in [-0.1, -0.05) is 31.2 Å². The van der Waals surface area contributed by atoms with Crippen LogP contribution in [0, 0.1) is 5.92 Å². The maximum absolute atomic E-state index is 5.21. The third-order valence-electron chi connectivity index (χ3n) is 3.31. The van der Waals surface area contributed by atoms with Crippen molar-refractivity contribution in [2.45, 2.75) is 25.8 Å². The van der Waals surface area contributed by atoms with Crippen molar-refractivity contribution in [2.75, 3.05) is 13.7 Å². The molecule has 1 aromatic rings. The summed E-state index contributed by atoms with van der Waals surface area (Å²) in [5.41, 5.74) is 1.20. The molecule has 0 saturated carbocycles. The highest BCUT2D eigenvalue weighted by atomic mass is 16.5. The van der Waals surface area contributed by atoms with Crippen molar-refractivity contribution >= 4 is 6.08 Å². The molecule has 1 aliphatic heterocycles. The Labute approximate surface area is 104 Å². The normalized spacial score (nSPS) is 25.1. The van der Waals surface area contributed by atoms with Crippen molar-refractivity contribution in [1.29, 1.82) is 0 Å². The fourth-order valence-electron chi connectivity index (χ4n) is 2.27. The van der Waals surface area contributed by atoms with Gasteiger partial charge < -0.3 is 10.1 Å². The van der Waals surface area contributed by atoms with Crippen LogP contribution in [0.2, 0.25) is 0 Å². The summed E-state index contributed by atoms with van der Waals surface area (Å²) in [6.45, 7) is 3.46. The number of rotatable bonds is 3. The maximum Gasteiger partial charge on any atom is 0.119 e. The van der Waals surface area contributed by atoms with E-state index in [1.165, 1.54) is 18.4 Å². The van der Waals surface area contributed by atoms with Gasteiger partial charge in [-0.2, -0.15) is 0 Å². The van der Waals surface area contributed by atoms with Crippen LogP contribution in [-0.4, -0.2) is 19.7 Å². The minimum absolute atomic E-state index is 0.518. The zero-order valence-electron chi connectivity index (χ0n) is 10.6. The maximum atomic E-state index is 5.21. The van der Waals surface area contributed by atoms with Gasteiger partial charge in [0.15, 0.2) is 0 Å². The van der Waals surface area contributed by atoms with E-state index in [1.807, 2.05) is 12.1 Å². The average molecular weight is 231 g/mol. The molecule has 17 heavy (non-hydrogen) atoms. The molecule has 0 radical (unpaired) electrons. The molecule has 1 heterocycles. The van der Waals surface area contributed by atoms with Gasteiger partial charge >= 0.3 is 0 Å². The van der Waals surface area contributed by atoms with Crippen LogP contribution < -0.4 is 10.1 Å². The monoisotopic (exact) mass is 231 g/mol. The molecule has 1 aromatic carbocycles. The zero-order valence-corrected chi connectivity index (χ0v) is 10.6. The van der Waals surface area contributed by atoms with Gasteiger partial charge in [0.1, 0.15) is 5.75 Å². The molecule has 2 atom stereocenters. The number of benzene rings is 1. The molecule has 0 amide bonds. The van der Waals surface area contributed by atoms with Crippen LogP contribution in [0.15, 0.2) is 30.3 Å². The number of hydrogen-bond donors (Lipinski definition) is 1. The minimum atomic E-state index is 0.518. The fraction of sp³-hybridized carbons (Fsp3) is 0.467. The van der Waals surface area contributed by atoms with Gasteiger partial charge in [0, 0.05) is 6.04 Å². The molecule has 1 N–H and O–H groups in total. The van der Waals surface area contributed by atoms with Gasteiger partial charge in [-0.25, -0.2) is 0 Å². The smallest absolute Gasteiger partial charge is 0.119 e. The van der Waals surface area contributed by atoms with Crippen molar-refractivity contribution in [2.24, 2.45) is 5.92 Å². The van der Waals surface area contributed by atoms with Crippen LogP contribution in [0.3, 0.4) is 0 Å². The molecular weight excluding hydrogens is 210 g/mol. The van der Waals surface area contributed by atoms with Gasteiger partial charge in [0.2, 0.25) is 0 Å². The van der Waals surface area contributed by atoms with E-state index >= 15 is 0 Å². The Morgan fingerprint density at radius 1 is 1.41 bits per heavy atom. The first-order valence-corrected chi connectivity index (χ1v) is 6.33. The van der Waals surface area contributed by atoms with Crippen LogP contribution in [0.25, 0.3) is 6.08 Å². The van der Waals surface area contributed by atoms with Crippen molar-refractivity contribution in [1.82, 2.24) is 5.32 Å². The summed E-state index contributed by atoms with van der Waals surface area (Å²) in [6, 6.07) is 8.67.